The smallest absolute Gasteiger partial charge is 0.132 e. The Kier molecular flexibility index (Phi) is 4.10. The van der Waals surface area contributed by atoms with Gasteiger partial charge in [0.2, 0.25) is 0 Å². The molecular formula is C19H21N3S. The lowest BCUT2D eigenvalue weighted by Gasteiger charge is -2.30. The highest BCUT2D eigenvalue weighted by Crippen LogP contribution is 2.29. The van der Waals surface area contributed by atoms with Gasteiger partial charge in [-0.05, 0) is 61.6 Å². The summed E-state index contributed by atoms with van der Waals surface area (Å²) in [6, 6.07) is 10.8. The Labute approximate surface area is 141 Å². The molecule has 1 fully saturated rings. The van der Waals surface area contributed by atoms with Crippen LogP contribution in [0.2, 0.25) is 0 Å². The van der Waals surface area contributed by atoms with Gasteiger partial charge in [0.25, 0.3) is 0 Å². The Balaban J connectivity index is 1.60. The van der Waals surface area contributed by atoms with Crippen molar-refractivity contribution in [3.8, 4) is 10.4 Å². The second-order valence-electron chi connectivity index (χ2n) is 6.19. The van der Waals surface area contributed by atoms with Gasteiger partial charge in [-0.2, -0.15) is 0 Å². The Hall–Kier alpha value is -1.78. The molecule has 1 aliphatic heterocycles. The first-order chi connectivity index (χ1) is 11.3. The predicted octanol–water partition coefficient (Wildman–Crippen LogP) is 4.56. The molecule has 4 heteroatoms. The molecule has 0 radical (unpaired) electrons. The molecule has 0 saturated carbocycles. The Morgan fingerprint density at radius 3 is 2.83 bits per heavy atom. The predicted molar refractivity (Wildman–Crippen MR) is 96.9 cm³/mol. The number of thiophene rings is 1. The average molecular weight is 323 g/mol. The number of piperidine rings is 1. The minimum absolute atomic E-state index is 0.513. The topological polar surface area (TPSA) is 29.0 Å². The van der Waals surface area contributed by atoms with Crippen LogP contribution in [0.4, 0.5) is 0 Å². The van der Waals surface area contributed by atoms with Crippen LogP contribution in [0.25, 0.3) is 21.3 Å². The molecule has 0 spiro atoms. The zero-order chi connectivity index (χ0) is 15.6. The van der Waals surface area contributed by atoms with Crippen molar-refractivity contribution in [2.45, 2.75) is 25.7 Å². The summed E-state index contributed by atoms with van der Waals surface area (Å²) in [5.41, 5.74) is 2.31. The van der Waals surface area contributed by atoms with Crippen LogP contribution in [0.3, 0.4) is 0 Å². The van der Waals surface area contributed by atoms with E-state index in [1.807, 2.05) is 6.20 Å². The normalized spacial score (nSPS) is 16.9. The van der Waals surface area contributed by atoms with E-state index in [4.69, 9.17) is 4.98 Å². The van der Waals surface area contributed by atoms with Gasteiger partial charge < -0.3 is 4.90 Å². The monoisotopic (exact) mass is 323 g/mol. The van der Waals surface area contributed by atoms with Gasteiger partial charge in [-0.25, -0.2) is 9.97 Å². The fourth-order valence-electron chi connectivity index (χ4n) is 3.35. The van der Waals surface area contributed by atoms with Crippen molar-refractivity contribution < 1.29 is 0 Å². The van der Waals surface area contributed by atoms with E-state index in [-0.39, 0.29) is 0 Å². The van der Waals surface area contributed by atoms with Crippen molar-refractivity contribution in [3.63, 3.8) is 0 Å². The Bertz CT molecular complexity index is 789. The molecule has 3 nitrogen and oxygen atoms in total. The third kappa shape index (κ3) is 3.01. The minimum atomic E-state index is 0.513. The molecule has 2 aromatic heterocycles. The van der Waals surface area contributed by atoms with Crippen LogP contribution in [-0.2, 0) is 0 Å². The quantitative estimate of drug-likeness (QED) is 0.707. The van der Waals surface area contributed by atoms with Gasteiger partial charge in [0.1, 0.15) is 5.82 Å². The van der Waals surface area contributed by atoms with E-state index in [0.29, 0.717) is 5.92 Å². The maximum absolute atomic E-state index is 4.85. The van der Waals surface area contributed by atoms with E-state index in [2.05, 4.69) is 52.5 Å². The van der Waals surface area contributed by atoms with E-state index in [1.165, 1.54) is 36.4 Å². The highest BCUT2D eigenvalue weighted by atomic mass is 32.1. The SMILES string of the molecule is CCN1CCC(c2ncc3cc(-c4cccs4)ccc3n2)CC1. The number of nitrogens with zero attached hydrogens (tertiary/aromatic N) is 3. The zero-order valence-electron chi connectivity index (χ0n) is 13.4. The van der Waals surface area contributed by atoms with E-state index in [9.17, 15) is 0 Å². The third-order valence-electron chi connectivity index (χ3n) is 4.80. The fraction of sp³-hybridized carbons (Fsp3) is 0.368. The van der Waals surface area contributed by atoms with Gasteiger partial charge in [-0.1, -0.05) is 19.1 Å². The number of aromatic nitrogens is 2. The molecule has 0 aliphatic carbocycles. The average Bonchev–Trinajstić information content (AvgIpc) is 3.15. The van der Waals surface area contributed by atoms with Crippen LogP contribution in [0.1, 0.15) is 31.5 Å². The van der Waals surface area contributed by atoms with Crippen LogP contribution in [0.5, 0.6) is 0 Å². The summed E-state index contributed by atoms with van der Waals surface area (Å²) in [4.78, 5) is 13.3. The van der Waals surface area contributed by atoms with Crippen molar-refractivity contribution in [2.24, 2.45) is 0 Å². The Morgan fingerprint density at radius 2 is 2.09 bits per heavy atom. The van der Waals surface area contributed by atoms with E-state index in [0.717, 1.165) is 23.3 Å². The maximum atomic E-state index is 4.85. The highest BCUT2D eigenvalue weighted by molar-refractivity contribution is 7.13. The summed E-state index contributed by atoms with van der Waals surface area (Å²) in [5.74, 6) is 1.54. The molecule has 0 unspecified atom stereocenters. The number of benzene rings is 1. The summed E-state index contributed by atoms with van der Waals surface area (Å²) < 4.78 is 0. The number of hydrogen-bond donors (Lipinski definition) is 0. The van der Waals surface area contributed by atoms with Crippen molar-refractivity contribution >= 4 is 22.2 Å². The molecule has 3 heterocycles. The van der Waals surface area contributed by atoms with Crippen molar-refractivity contribution in [1.29, 1.82) is 0 Å². The molecule has 118 valence electrons. The van der Waals surface area contributed by atoms with Crippen molar-refractivity contribution in [3.05, 3.63) is 47.7 Å². The molecule has 0 bridgehead atoms. The molecule has 1 aromatic carbocycles. The number of fused-ring (bicyclic) bond motifs is 1. The van der Waals surface area contributed by atoms with Gasteiger partial charge in [-0.3, -0.25) is 0 Å². The summed E-state index contributed by atoms with van der Waals surface area (Å²) in [6.07, 6.45) is 4.35. The van der Waals surface area contributed by atoms with Crippen LogP contribution in [0, 0.1) is 0 Å². The molecule has 23 heavy (non-hydrogen) atoms. The second-order valence-corrected chi connectivity index (χ2v) is 7.14. The minimum Gasteiger partial charge on any atom is -0.304 e. The highest BCUT2D eigenvalue weighted by Gasteiger charge is 2.21. The molecule has 4 rings (SSSR count). The summed E-state index contributed by atoms with van der Waals surface area (Å²) >= 11 is 1.77. The standard InChI is InChI=1S/C19H21N3S/c1-2-22-9-7-14(8-10-22)19-20-13-16-12-15(5-6-17(16)21-19)18-4-3-11-23-18/h3-6,11-14H,2,7-10H2,1H3. The molecule has 1 saturated heterocycles. The summed E-state index contributed by atoms with van der Waals surface area (Å²) in [6.45, 7) is 5.72. The van der Waals surface area contributed by atoms with E-state index in [1.54, 1.807) is 11.3 Å². The molecule has 0 amide bonds. The van der Waals surface area contributed by atoms with Crippen LogP contribution in [0.15, 0.2) is 41.9 Å². The summed E-state index contributed by atoms with van der Waals surface area (Å²) in [5, 5.41) is 3.24. The van der Waals surface area contributed by atoms with Crippen LogP contribution in [-0.4, -0.2) is 34.5 Å². The Morgan fingerprint density at radius 1 is 1.22 bits per heavy atom. The zero-order valence-corrected chi connectivity index (χ0v) is 14.2. The lowest BCUT2D eigenvalue weighted by atomic mass is 9.96. The first-order valence-electron chi connectivity index (χ1n) is 8.36. The third-order valence-corrected chi connectivity index (χ3v) is 5.72. The molecule has 1 aliphatic rings. The van der Waals surface area contributed by atoms with Crippen LogP contribution < -0.4 is 0 Å². The van der Waals surface area contributed by atoms with Gasteiger partial charge in [0.05, 0.1) is 5.52 Å². The first-order valence-corrected chi connectivity index (χ1v) is 9.24. The van der Waals surface area contributed by atoms with Gasteiger partial charge >= 0.3 is 0 Å². The molecule has 0 N–H and O–H groups in total. The lowest BCUT2D eigenvalue weighted by Crippen LogP contribution is -2.33. The van der Waals surface area contributed by atoms with Gasteiger partial charge in [-0.15, -0.1) is 11.3 Å². The number of hydrogen-bond acceptors (Lipinski definition) is 4. The largest absolute Gasteiger partial charge is 0.304 e. The van der Waals surface area contributed by atoms with Crippen molar-refractivity contribution in [1.82, 2.24) is 14.9 Å². The number of likely N-dealkylation sites (tertiary alicyclic amines) is 1. The van der Waals surface area contributed by atoms with Crippen LogP contribution >= 0.6 is 11.3 Å². The summed E-state index contributed by atoms with van der Waals surface area (Å²) in [7, 11) is 0. The fourth-order valence-corrected chi connectivity index (χ4v) is 4.07. The molecular weight excluding hydrogens is 302 g/mol. The first kappa shape index (κ1) is 14.8. The lowest BCUT2D eigenvalue weighted by molar-refractivity contribution is 0.219. The van der Waals surface area contributed by atoms with Gasteiger partial charge in [0.15, 0.2) is 0 Å². The molecule has 3 aromatic rings. The maximum Gasteiger partial charge on any atom is 0.132 e. The number of rotatable bonds is 3. The van der Waals surface area contributed by atoms with E-state index < -0.39 is 0 Å². The second kappa shape index (κ2) is 6.38. The van der Waals surface area contributed by atoms with E-state index >= 15 is 0 Å². The van der Waals surface area contributed by atoms with Crippen molar-refractivity contribution in [2.75, 3.05) is 19.6 Å². The van der Waals surface area contributed by atoms with Gasteiger partial charge in [0, 0.05) is 22.4 Å². The molecule has 0 atom stereocenters.